The molecule has 4 atom stereocenters. The highest BCUT2D eigenvalue weighted by atomic mass is 79.9. The highest BCUT2D eigenvalue weighted by Crippen LogP contribution is 2.31. The summed E-state index contributed by atoms with van der Waals surface area (Å²) in [4.78, 5) is 21.2. The molecule has 2 N–H and O–H groups in total. The number of aliphatic hydroxyl groups is 1. The number of hydrogen-bond acceptors (Lipinski definition) is 5. The van der Waals surface area contributed by atoms with E-state index in [1.54, 1.807) is 22.9 Å². The molecule has 1 aliphatic carbocycles. The smallest absolute Gasteiger partial charge is 0.199 e. The minimum Gasteiger partial charge on any atom is -0.390 e. The summed E-state index contributed by atoms with van der Waals surface area (Å²) in [7, 11) is 0. The van der Waals surface area contributed by atoms with Crippen LogP contribution in [-0.2, 0) is 6.54 Å². The number of carbonyl (C=O) groups is 1. The molecule has 1 aromatic carbocycles. The molecule has 167 valence electrons. The van der Waals surface area contributed by atoms with E-state index in [9.17, 15) is 18.7 Å². The van der Waals surface area contributed by atoms with Crippen LogP contribution in [0.15, 0.2) is 47.5 Å². The van der Waals surface area contributed by atoms with E-state index in [4.69, 9.17) is 11.6 Å². The van der Waals surface area contributed by atoms with Crippen molar-refractivity contribution in [2.24, 2.45) is 5.92 Å². The first kappa shape index (κ1) is 22.8. The molecular weight excluding hydrogens is 506 g/mol. The summed E-state index contributed by atoms with van der Waals surface area (Å²) in [5.41, 5.74) is 1.24. The number of ketones is 1. The highest BCUT2D eigenvalue weighted by molar-refractivity contribution is 9.10. The Balaban J connectivity index is 1.56. The molecule has 1 fully saturated rings. The van der Waals surface area contributed by atoms with Crippen molar-refractivity contribution in [2.45, 2.75) is 31.3 Å². The van der Waals surface area contributed by atoms with Gasteiger partial charge in [0.05, 0.1) is 22.2 Å². The zero-order valence-corrected chi connectivity index (χ0v) is 19.0. The van der Waals surface area contributed by atoms with Gasteiger partial charge in [0, 0.05) is 24.5 Å². The number of carbonyl (C=O) groups excluding carboxylic acids is 1. The third kappa shape index (κ3) is 4.55. The van der Waals surface area contributed by atoms with Crippen LogP contribution in [0.2, 0.25) is 5.15 Å². The Hall–Kier alpha value is -2.36. The van der Waals surface area contributed by atoms with Gasteiger partial charge in [-0.15, -0.1) is 0 Å². The minimum atomic E-state index is -1.53. The van der Waals surface area contributed by atoms with Gasteiger partial charge in [0.15, 0.2) is 5.78 Å². The van der Waals surface area contributed by atoms with Crippen LogP contribution < -0.4 is 5.32 Å². The highest BCUT2D eigenvalue weighted by Gasteiger charge is 2.41. The maximum atomic E-state index is 14.4. The summed E-state index contributed by atoms with van der Waals surface area (Å²) < 4.78 is 29.8. The molecule has 0 spiro atoms. The number of aromatic nitrogens is 3. The number of alkyl halides is 1. The third-order valence-corrected chi connectivity index (χ3v) is 6.41. The number of anilines is 1. The Kier molecular flexibility index (Phi) is 6.60. The van der Waals surface area contributed by atoms with Crippen molar-refractivity contribution in [3.05, 3.63) is 82.0 Å². The minimum absolute atomic E-state index is 0.153. The van der Waals surface area contributed by atoms with E-state index in [0.717, 1.165) is 5.56 Å². The van der Waals surface area contributed by atoms with E-state index >= 15 is 0 Å². The second kappa shape index (κ2) is 9.25. The predicted octanol–water partition coefficient (Wildman–Crippen LogP) is 4.45. The van der Waals surface area contributed by atoms with Crippen LogP contribution in [0.25, 0.3) is 0 Å². The summed E-state index contributed by atoms with van der Waals surface area (Å²) in [5, 5.41) is 13.1. The van der Waals surface area contributed by atoms with Gasteiger partial charge in [0.2, 0.25) is 0 Å². The monoisotopic (exact) mass is 523 g/mol. The Bertz CT molecular complexity index is 1160. The van der Waals surface area contributed by atoms with Gasteiger partial charge in [0.1, 0.15) is 29.3 Å². The Labute approximate surface area is 196 Å². The van der Waals surface area contributed by atoms with Crippen LogP contribution in [0.4, 0.5) is 14.6 Å². The molecule has 0 aliphatic heterocycles. The molecule has 32 heavy (non-hydrogen) atoms. The molecule has 0 saturated heterocycles. The van der Waals surface area contributed by atoms with Crippen molar-refractivity contribution in [2.75, 3.05) is 5.32 Å². The molecule has 0 bridgehead atoms. The summed E-state index contributed by atoms with van der Waals surface area (Å²) >= 11 is 9.47. The van der Waals surface area contributed by atoms with Crippen LogP contribution in [0.1, 0.15) is 27.9 Å². The molecule has 1 radical (unpaired) electrons. The number of aliphatic hydroxyl groups excluding tert-OH is 1. The van der Waals surface area contributed by atoms with Gasteiger partial charge in [-0.1, -0.05) is 17.7 Å². The molecule has 10 heteroatoms. The van der Waals surface area contributed by atoms with E-state index in [-0.39, 0.29) is 17.2 Å². The zero-order chi connectivity index (χ0) is 23.0. The lowest BCUT2D eigenvalue weighted by Gasteiger charge is -2.18. The first-order chi connectivity index (χ1) is 15.2. The lowest BCUT2D eigenvalue weighted by Crippen LogP contribution is -2.32. The van der Waals surface area contributed by atoms with Crippen molar-refractivity contribution in [1.29, 1.82) is 0 Å². The number of rotatable bonds is 6. The van der Waals surface area contributed by atoms with E-state index in [2.05, 4.69) is 38.1 Å². The molecule has 6 nitrogen and oxygen atoms in total. The number of hydrogen-bond donors (Lipinski definition) is 2. The number of nitrogens with zero attached hydrogens (tertiary/aromatic N) is 3. The van der Waals surface area contributed by atoms with Crippen LogP contribution in [0.3, 0.4) is 0 Å². The van der Waals surface area contributed by atoms with Crippen molar-refractivity contribution in [3.63, 3.8) is 0 Å². The largest absolute Gasteiger partial charge is 0.390 e. The molecule has 0 unspecified atom stereocenters. The molecule has 2 heterocycles. The zero-order valence-electron chi connectivity index (χ0n) is 16.7. The number of halogens is 4. The standard InChI is InChI=1S/C22H19BrClF2N4O2/c1-11-4-17(19(26)20(11)31)29-22-14(7-27-10-28-22)21(32)13-6-18(24)30(9-13)8-12-2-3-16(25)15(23)5-12/h2-3,5-7,9-11,17,19-20,31H,1,4,8H2,(H,27,28,29)/t11-,17-,19-,20-/m1/s1. The molecule has 2 aromatic heterocycles. The molecule has 1 aliphatic rings. The second-order valence-electron chi connectivity index (χ2n) is 7.72. The van der Waals surface area contributed by atoms with E-state index in [0.29, 0.717) is 28.2 Å². The summed E-state index contributed by atoms with van der Waals surface area (Å²) in [6.07, 6.45) is 1.79. The van der Waals surface area contributed by atoms with Gasteiger partial charge in [-0.3, -0.25) is 4.79 Å². The first-order valence-electron chi connectivity index (χ1n) is 9.80. The average molecular weight is 525 g/mol. The summed E-state index contributed by atoms with van der Waals surface area (Å²) in [5.74, 6) is -1.05. The van der Waals surface area contributed by atoms with Crippen LogP contribution >= 0.6 is 27.5 Å². The van der Waals surface area contributed by atoms with Crippen molar-refractivity contribution >= 4 is 39.1 Å². The van der Waals surface area contributed by atoms with Gasteiger partial charge >= 0.3 is 0 Å². The Morgan fingerprint density at radius 1 is 1.41 bits per heavy atom. The van der Waals surface area contributed by atoms with Crippen LogP contribution in [0.5, 0.6) is 0 Å². The van der Waals surface area contributed by atoms with Crippen molar-refractivity contribution < 1.29 is 18.7 Å². The van der Waals surface area contributed by atoms with Crippen molar-refractivity contribution in [3.8, 4) is 0 Å². The van der Waals surface area contributed by atoms with Gasteiger partial charge in [-0.05, 0) is 59.0 Å². The fourth-order valence-electron chi connectivity index (χ4n) is 3.73. The molecule has 0 amide bonds. The number of benzene rings is 1. The Morgan fingerprint density at radius 2 is 2.19 bits per heavy atom. The lowest BCUT2D eigenvalue weighted by atomic mass is 10.1. The van der Waals surface area contributed by atoms with Crippen molar-refractivity contribution in [1.82, 2.24) is 14.5 Å². The van der Waals surface area contributed by atoms with Gasteiger partial charge < -0.3 is 15.0 Å². The summed E-state index contributed by atoms with van der Waals surface area (Å²) in [6.45, 7) is 4.08. The van der Waals surface area contributed by atoms with Gasteiger partial charge in [-0.2, -0.15) is 0 Å². The summed E-state index contributed by atoms with van der Waals surface area (Å²) in [6, 6.07) is 5.40. The molecule has 3 aromatic rings. The Morgan fingerprint density at radius 3 is 2.88 bits per heavy atom. The molecule has 4 rings (SSSR count). The fourth-order valence-corrected chi connectivity index (χ4v) is 4.38. The number of nitrogens with one attached hydrogen (secondary N) is 1. The maximum Gasteiger partial charge on any atom is 0.199 e. The van der Waals surface area contributed by atoms with E-state index in [1.165, 1.54) is 24.7 Å². The van der Waals surface area contributed by atoms with E-state index < -0.39 is 30.0 Å². The maximum absolute atomic E-state index is 14.4. The lowest BCUT2D eigenvalue weighted by molar-refractivity contribution is 0.0793. The quantitative estimate of drug-likeness (QED) is 0.466. The van der Waals surface area contributed by atoms with Gasteiger partial charge in [-0.25, -0.2) is 18.7 Å². The SMILES string of the molecule is [CH2][C@@H]1C[C@@H](Nc2ncncc2C(=O)c2cc(Cl)n(Cc3ccc(F)c(Br)c3)c2)[C@@H](F)[C@@H]1O. The molecule has 1 saturated carbocycles. The van der Waals surface area contributed by atoms with E-state index in [1.807, 2.05) is 0 Å². The third-order valence-electron chi connectivity index (χ3n) is 5.47. The average Bonchev–Trinajstić information content (AvgIpc) is 3.25. The molecular formula is C22H19BrClF2N4O2. The first-order valence-corrected chi connectivity index (χ1v) is 11.0. The van der Waals surface area contributed by atoms with Crippen LogP contribution in [0, 0.1) is 18.7 Å². The van der Waals surface area contributed by atoms with Crippen LogP contribution in [-0.4, -0.2) is 43.7 Å². The fraction of sp³-hybridized carbons (Fsp3) is 0.273. The predicted molar refractivity (Wildman–Crippen MR) is 120 cm³/mol. The normalized spacial score (nSPS) is 22.8. The second-order valence-corrected chi connectivity index (χ2v) is 8.97. The van der Waals surface area contributed by atoms with Gasteiger partial charge in [0.25, 0.3) is 0 Å². The topological polar surface area (TPSA) is 80.0 Å².